The second kappa shape index (κ2) is 7.51. The van der Waals surface area contributed by atoms with Crippen molar-refractivity contribution < 1.29 is 9.90 Å². The van der Waals surface area contributed by atoms with Crippen molar-refractivity contribution in [2.45, 2.75) is 5.60 Å². The van der Waals surface area contributed by atoms with Gasteiger partial charge in [0.25, 0.3) is 5.91 Å². The van der Waals surface area contributed by atoms with Crippen molar-refractivity contribution in [2.24, 2.45) is 0 Å². The average Bonchev–Trinajstić information content (AvgIpc) is 2.67. The van der Waals surface area contributed by atoms with Crippen LogP contribution in [-0.4, -0.2) is 11.0 Å². The van der Waals surface area contributed by atoms with Gasteiger partial charge in [0.15, 0.2) is 5.60 Å². The van der Waals surface area contributed by atoms with E-state index in [1.807, 2.05) is 36.4 Å². The normalized spacial score (nSPS) is 11.0. The van der Waals surface area contributed by atoms with Gasteiger partial charge >= 0.3 is 0 Å². The topological polar surface area (TPSA) is 61.4 Å². The number of halogens is 1. The number of aliphatic hydroxyl groups is 1. The maximum absolute atomic E-state index is 12.9. The molecule has 3 aromatic rings. The highest BCUT2D eigenvalue weighted by Gasteiger charge is 2.39. The van der Waals surface area contributed by atoms with E-state index < -0.39 is 11.5 Å². The fourth-order valence-electron chi connectivity index (χ4n) is 2.57. The van der Waals surface area contributed by atoms with E-state index in [2.05, 4.69) is 26.8 Å². The number of hydrazine groups is 1. The lowest BCUT2D eigenvalue weighted by Gasteiger charge is -2.28. The maximum atomic E-state index is 12.9. The Morgan fingerprint density at radius 2 is 1.40 bits per heavy atom. The monoisotopic (exact) mass is 396 g/mol. The van der Waals surface area contributed by atoms with Gasteiger partial charge in [-0.2, -0.15) is 0 Å². The number of carbonyl (C=O) groups excluding carboxylic acids is 1. The molecule has 0 radical (unpaired) electrons. The summed E-state index contributed by atoms with van der Waals surface area (Å²) in [7, 11) is 0. The van der Waals surface area contributed by atoms with Gasteiger partial charge in [-0.1, -0.05) is 82.7 Å². The molecule has 0 aromatic heterocycles. The Bertz CT molecular complexity index is 814. The number of carbonyl (C=O) groups is 1. The van der Waals surface area contributed by atoms with Gasteiger partial charge in [-0.05, 0) is 29.3 Å². The molecule has 0 bridgehead atoms. The van der Waals surface area contributed by atoms with Gasteiger partial charge in [0.2, 0.25) is 0 Å². The summed E-state index contributed by atoms with van der Waals surface area (Å²) in [4.78, 5) is 12.9. The predicted molar refractivity (Wildman–Crippen MR) is 102 cm³/mol. The third-order valence-corrected chi connectivity index (χ3v) is 4.35. The van der Waals surface area contributed by atoms with E-state index in [9.17, 15) is 9.90 Å². The molecule has 0 saturated carbocycles. The van der Waals surface area contributed by atoms with Gasteiger partial charge in [-0.3, -0.25) is 15.6 Å². The Kier molecular flexibility index (Phi) is 5.16. The van der Waals surface area contributed by atoms with Crippen LogP contribution in [0.1, 0.15) is 11.1 Å². The lowest BCUT2D eigenvalue weighted by molar-refractivity contribution is -0.136. The van der Waals surface area contributed by atoms with Crippen molar-refractivity contribution in [3.05, 3.63) is 101 Å². The Morgan fingerprint density at radius 1 is 0.840 bits per heavy atom. The molecule has 3 rings (SSSR count). The number of nitrogens with one attached hydrogen (secondary N) is 2. The molecule has 0 heterocycles. The van der Waals surface area contributed by atoms with Crippen molar-refractivity contribution in [2.75, 3.05) is 5.43 Å². The van der Waals surface area contributed by atoms with Crippen molar-refractivity contribution in [3.8, 4) is 0 Å². The fourth-order valence-corrected chi connectivity index (χ4v) is 2.97. The summed E-state index contributed by atoms with van der Waals surface area (Å²) in [5, 5.41) is 11.3. The van der Waals surface area contributed by atoms with Crippen LogP contribution in [0.2, 0.25) is 0 Å². The number of hydrogen-bond acceptors (Lipinski definition) is 3. The van der Waals surface area contributed by atoms with Crippen LogP contribution in [0.5, 0.6) is 0 Å². The zero-order chi connectivity index (χ0) is 17.7. The quantitative estimate of drug-likeness (QED) is 0.574. The smallest absolute Gasteiger partial charge is 0.279 e. The highest BCUT2D eigenvalue weighted by atomic mass is 79.9. The highest BCUT2D eigenvalue weighted by Crippen LogP contribution is 2.29. The van der Waals surface area contributed by atoms with Crippen LogP contribution < -0.4 is 10.9 Å². The van der Waals surface area contributed by atoms with Gasteiger partial charge in [-0.25, -0.2) is 0 Å². The summed E-state index contributed by atoms with van der Waals surface area (Å²) in [5.74, 6) is -0.565. The van der Waals surface area contributed by atoms with Gasteiger partial charge in [-0.15, -0.1) is 0 Å². The van der Waals surface area contributed by atoms with E-state index >= 15 is 0 Å². The van der Waals surface area contributed by atoms with Crippen LogP contribution in [0.15, 0.2) is 89.4 Å². The third-order valence-electron chi connectivity index (χ3n) is 3.86. The summed E-state index contributed by atoms with van der Waals surface area (Å²) in [6, 6.07) is 25.1. The minimum Gasteiger partial charge on any atom is -0.372 e. The second-order valence-corrected chi connectivity index (χ2v) is 6.45. The van der Waals surface area contributed by atoms with Crippen LogP contribution in [0.3, 0.4) is 0 Å². The minimum absolute atomic E-state index is 0.495. The van der Waals surface area contributed by atoms with Crippen LogP contribution in [0.25, 0.3) is 0 Å². The minimum atomic E-state index is -1.80. The molecule has 5 heteroatoms. The molecule has 0 spiro atoms. The standard InChI is InChI=1S/C20H17BrN2O2/c21-17-12-7-13-18(14-17)22-23-19(24)20(25,15-8-3-1-4-9-15)16-10-5-2-6-11-16/h1-14,22,25H,(H,23,24). The number of rotatable bonds is 5. The summed E-state index contributed by atoms with van der Waals surface area (Å²) in [6.07, 6.45) is 0. The summed E-state index contributed by atoms with van der Waals surface area (Å²) in [6.45, 7) is 0. The zero-order valence-electron chi connectivity index (χ0n) is 13.3. The Balaban J connectivity index is 1.91. The molecule has 1 amide bonds. The zero-order valence-corrected chi connectivity index (χ0v) is 14.9. The van der Waals surface area contributed by atoms with Gasteiger partial charge in [0.05, 0.1) is 5.69 Å². The SMILES string of the molecule is O=C(NNc1cccc(Br)c1)C(O)(c1ccccc1)c1ccccc1. The van der Waals surface area contributed by atoms with E-state index in [1.165, 1.54) is 0 Å². The molecule has 3 aromatic carbocycles. The van der Waals surface area contributed by atoms with Gasteiger partial charge in [0.1, 0.15) is 0 Å². The largest absolute Gasteiger partial charge is 0.372 e. The molecular formula is C20H17BrN2O2. The molecular weight excluding hydrogens is 380 g/mol. The van der Waals surface area contributed by atoms with Crippen LogP contribution in [-0.2, 0) is 10.4 Å². The first-order chi connectivity index (χ1) is 12.1. The molecule has 25 heavy (non-hydrogen) atoms. The van der Waals surface area contributed by atoms with E-state index in [0.29, 0.717) is 16.8 Å². The summed E-state index contributed by atoms with van der Waals surface area (Å²) >= 11 is 3.38. The molecule has 126 valence electrons. The number of benzene rings is 3. The molecule has 0 saturated heterocycles. The third kappa shape index (κ3) is 3.73. The first kappa shape index (κ1) is 17.2. The van der Waals surface area contributed by atoms with Crippen molar-refractivity contribution in [3.63, 3.8) is 0 Å². The number of anilines is 1. The first-order valence-electron chi connectivity index (χ1n) is 7.76. The molecule has 0 fully saturated rings. The molecule has 0 unspecified atom stereocenters. The summed E-state index contributed by atoms with van der Waals surface area (Å²) < 4.78 is 0.883. The van der Waals surface area contributed by atoms with Crippen LogP contribution in [0, 0.1) is 0 Å². The molecule has 0 atom stereocenters. The first-order valence-corrected chi connectivity index (χ1v) is 8.55. The molecule has 0 aliphatic carbocycles. The Labute approximate surface area is 154 Å². The molecule has 0 aliphatic heterocycles. The van der Waals surface area contributed by atoms with Crippen molar-refractivity contribution in [1.29, 1.82) is 0 Å². The van der Waals surface area contributed by atoms with Crippen LogP contribution >= 0.6 is 15.9 Å². The summed E-state index contributed by atoms with van der Waals surface area (Å²) in [5.41, 5.74) is 5.33. The van der Waals surface area contributed by atoms with Crippen LogP contribution in [0.4, 0.5) is 5.69 Å². The second-order valence-electron chi connectivity index (χ2n) is 5.53. The molecule has 3 N–H and O–H groups in total. The highest BCUT2D eigenvalue weighted by molar-refractivity contribution is 9.10. The van der Waals surface area contributed by atoms with Crippen molar-refractivity contribution >= 4 is 27.5 Å². The Morgan fingerprint density at radius 3 is 1.92 bits per heavy atom. The van der Waals surface area contributed by atoms with Gasteiger partial charge in [0, 0.05) is 4.47 Å². The predicted octanol–water partition coefficient (Wildman–Crippen LogP) is 3.83. The lowest BCUT2D eigenvalue weighted by atomic mass is 9.85. The van der Waals surface area contributed by atoms with Gasteiger partial charge < -0.3 is 5.11 Å². The fraction of sp³-hybridized carbons (Fsp3) is 0.0500. The number of hydrogen-bond donors (Lipinski definition) is 3. The van der Waals surface area contributed by atoms with E-state index in [4.69, 9.17) is 0 Å². The van der Waals surface area contributed by atoms with E-state index in [-0.39, 0.29) is 0 Å². The lowest BCUT2D eigenvalue weighted by Crippen LogP contribution is -2.47. The van der Waals surface area contributed by atoms with Crippen molar-refractivity contribution in [1.82, 2.24) is 5.43 Å². The molecule has 4 nitrogen and oxygen atoms in total. The molecule has 0 aliphatic rings. The van der Waals surface area contributed by atoms with E-state index in [1.54, 1.807) is 48.5 Å². The Hall–Kier alpha value is -2.63. The average molecular weight is 397 g/mol. The van der Waals surface area contributed by atoms with E-state index in [0.717, 1.165) is 4.47 Å². The number of amides is 1. The maximum Gasteiger partial charge on any atom is 0.279 e.